The maximum atomic E-state index is 8.54. The molecule has 0 aliphatic rings. The third-order valence-electron chi connectivity index (χ3n) is 4.37. The average Bonchev–Trinajstić information content (AvgIpc) is 2.74. The molecule has 0 radical (unpaired) electrons. The van der Waals surface area contributed by atoms with Crippen molar-refractivity contribution in [3.05, 3.63) is 83.4 Å². The smallest absolute Gasteiger partial charge is 0.0681 e. The van der Waals surface area contributed by atoms with Crippen molar-refractivity contribution in [3.8, 4) is 0 Å². The number of hydrogen-bond donors (Lipinski definition) is 1. The van der Waals surface area contributed by atoms with E-state index in [0.29, 0.717) is 0 Å². The Labute approximate surface area is 175 Å². The van der Waals surface area contributed by atoms with E-state index in [-0.39, 0.29) is 6.61 Å². The molecule has 1 N–H and O–H groups in total. The average molecular weight is 385 g/mol. The summed E-state index contributed by atoms with van der Waals surface area (Å²) in [6.07, 6.45) is 6.81. The summed E-state index contributed by atoms with van der Waals surface area (Å²) in [7, 11) is 0. The van der Waals surface area contributed by atoms with Crippen LogP contribution in [0.5, 0.6) is 0 Å². The lowest BCUT2D eigenvalue weighted by Crippen LogP contribution is -1.98. The standard InChI is InChI=1S/C13H20.C7H8O.C5H10.C2H6/c1-5-12(6-2)13-8-7-10(3)9-11(13)4;8-6-7-4-2-1-3-5-7;1-3-5-4-2;1-2/h7-9,12H,5-6H2,1-4H3;1-5,8H,6H2;3H,1,4-5H2,2H3;1-2H3. The summed E-state index contributed by atoms with van der Waals surface area (Å²) in [5.41, 5.74) is 5.32. The second-order valence-electron chi connectivity index (χ2n) is 6.59. The van der Waals surface area contributed by atoms with Gasteiger partial charge in [-0.15, -0.1) is 6.58 Å². The van der Waals surface area contributed by atoms with Crippen molar-refractivity contribution in [1.29, 1.82) is 0 Å². The minimum absolute atomic E-state index is 0.140. The van der Waals surface area contributed by atoms with Crippen LogP contribution in [0.15, 0.2) is 61.2 Å². The summed E-state index contributed by atoms with van der Waals surface area (Å²) in [4.78, 5) is 0. The van der Waals surface area contributed by atoms with Crippen LogP contribution in [0.25, 0.3) is 0 Å². The molecular weight excluding hydrogens is 340 g/mol. The Morgan fingerprint density at radius 3 is 1.82 bits per heavy atom. The quantitative estimate of drug-likeness (QED) is 0.496. The predicted molar refractivity (Wildman–Crippen MR) is 128 cm³/mol. The second kappa shape index (κ2) is 19.9. The van der Waals surface area contributed by atoms with Crippen molar-refractivity contribution in [2.45, 2.75) is 86.7 Å². The fourth-order valence-electron chi connectivity index (χ4n) is 2.80. The first-order valence-electron chi connectivity index (χ1n) is 10.9. The van der Waals surface area contributed by atoms with Gasteiger partial charge in [-0.05, 0) is 55.7 Å². The zero-order valence-electron chi connectivity index (χ0n) is 19.5. The van der Waals surface area contributed by atoms with Crippen LogP contribution in [-0.2, 0) is 6.61 Å². The molecule has 0 unspecified atom stereocenters. The first kappa shape index (κ1) is 28.4. The topological polar surface area (TPSA) is 20.2 Å². The van der Waals surface area contributed by atoms with Gasteiger partial charge in [0.05, 0.1) is 6.61 Å². The number of rotatable bonds is 6. The maximum Gasteiger partial charge on any atom is 0.0681 e. The summed E-state index contributed by atoms with van der Waals surface area (Å²) in [5.74, 6) is 0.751. The summed E-state index contributed by atoms with van der Waals surface area (Å²) >= 11 is 0. The van der Waals surface area contributed by atoms with Gasteiger partial charge in [0, 0.05) is 0 Å². The molecule has 0 amide bonds. The van der Waals surface area contributed by atoms with Gasteiger partial charge in [-0.2, -0.15) is 0 Å². The minimum atomic E-state index is 0.140. The Kier molecular flexibility index (Phi) is 20.1. The number of aliphatic hydroxyl groups excluding tert-OH is 1. The molecule has 0 aromatic heterocycles. The van der Waals surface area contributed by atoms with Crippen LogP contribution in [0.1, 0.15) is 88.5 Å². The molecule has 1 heteroatoms. The van der Waals surface area contributed by atoms with E-state index in [1.807, 2.05) is 50.3 Å². The molecule has 1 nitrogen and oxygen atoms in total. The molecule has 0 atom stereocenters. The monoisotopic (exact) mass is 384 g/mol. The van der Waals surface area contributed by atoms with Crippen LogP contribution >= 0.6 is 0 Å². The molecule has 0 saturated heterocycles. The van der Waals surface area contributed by atoms with Crippen LogP contribution in [-0.4, -0.2) is 5.11 Å². The summed E-state index contributed by atoms with van der Waals surface area (Å²) in [5, 5.41) is 8.54. The van der Waals surface area contributed by atoms with E-state index in [2.05, 4.69) is 59.4 Å². The van der Waals surface area contributed by atoms with Crippen LogP contribution in [0.4, 0.5) is 0 Å². The molecule has 2 aromatic carbocycles. The van der Waals surface area contributed by atoms with Crippen molar-refractivity contribution in [2.75, 3.05) is 0 Å². The lowest BCUT2D eigenvalue weighted by molar-refractivity contribution is 0.282. The number of aryl methyl sites for hydroxylation is 2. The van der Waals surface area contributed by atoms with E-state index < -0.39 is 0 Å². The van der Waals surface area contributed by atoms with Crippen LogP contribution in [0, 0.1) is 13.8 Å². The number of allylic oxidation sites excluding steroid dienone is 1. The molecule has 0 fully saturated rings. The van der Waals surface area contributed by atoms with Gasteiger partial charge < -0.3 is 5.11 Å². The van der Waals surface area contributed by atoms with Gasteiger partial charge >= 0.3 is 0 Å². The maximum absolute atomic E-state index is 8.54. The highest BCUT2D eigenvalue weighted by molar-refractivity contribution is 5.32. The van der Waals surface area contributed by atoms with Gasteiger partial charge in [-0.25, -0.2) is 0 Å². The van der Waals surface area contributed by atoms with E-state index in [1.54, 1.807) is 0 Å². The van der Waals surface area contributed by atoms with Crippen LogP contribution < -0.4 is 0 Å². The van der Waals surface area contributed by atoms with Crippen molar-refractivity contribution < 1.29 is 5.11 Å². The molecule has 0 heterocycles. The number of unbranched alkanes of at least 4 members (excludes halogenated alkanes) is 1. The van der Waals surface area contributed by atoms with Gasteiger partial charge in [0.15, 0.2) is 0 Å². The van der Waals surface area contributed by atoms with E-state index in [0.717, 1.165) is 17.9 Å². The molecule has 2 aromatic rings. The van der Waals surface area contributed by atoms with Crippen molar-refractivity contribution in [3.63, 3.8) is 0 Å². The number of aliphatic hydroxyl groups is 1. The molecule has 28 heavy (non-hydrogen) atoms. The van der Waals surface area contributed by atoms with Crippen molar-refractivity contribution in [2.24, 2.45) is 0 Å². The second-order valence-corrected chi connectivity index (χ2v) is 6.59. The summed E-state index contributed by atoms with van der Waals surface area (Å²) < 4.78 is 0. The Bertz CT molecular complexity index is 582. The summed E-state index contributed by atoms with van der Waals surface area (Å²) in [6, 6.07) is 16.3. The third kappa shape index (κ3) is 13.3. The normalized spacial score (nSPS) is 9.18. The van der Waals surface area contributed by atoms with E-state index >= 15 is 0 Å². The van der Waals surface area contributed by atoms with Gasteiger partial charge in [0.1, 0.15) is 0 Å². The Morgan fingerprint density at radius 1 is 0.929 bits per heavy atom. The number of benzene rings is 2. The van der Waals surface area contributed by atoms with Crippen LogP contribution in [0.2, 0.25) is 0 Å². The fraction of sp³-hybridized carbons (Fsp3) is 0.481. The highest BCUT2D eigenvalue weighted by Crippen LogP contribution is 2.26. The Morgan fingerprint density at radius 2 is 1.50 bits per heavy atom. The van der Waals surface area contributed by atoms with E-state index in [9.17, 15) is 0 Å². The molecule has 0 aliphatic heterocycles. The van der Waals surface area contributed by atoms with Crippen molar-refractivity contribution >= 4 is 0 Å². The highest BCUT2D eigenvalue weighted by atomic mass is 16.3. The molecular formula is C27H44O. The third-order valence-corrected chi connectivity index (χ3v) is 4.37. The number of hydrogen-bond acceptors (Lipinski definition) is 1. The van der Waals surface area contributed by atoms with E-state index in [1.165, 1.54) is 36.0 Å². The fourth-order valence-corrected chi connectivity index (χ4v) is 2.80. The Hall–Kier alpha value is -1.86. The molecule has 0 spiro atoms. The van der Waals surface area contributed by atoms with Crippen LogP contribution in [0.3, 0.4) is 0 Å². The molecule has 158 valence electrons. The first-order valence-corrected chi connectivity index (χ1v) is 10.9. The van der Waals surface area contributed by atoms with Gasteiger partial charge in [0.2, 0.25) is 0 Å². The first-order chi connectivity index (χ1) is 13.5. The summed E-state index contributed by atoms with van der Waals surface area (Å²) in [6.45, 7) is 18.8. The zero-order valence-corrected chi connectivity index (χ0v) is 19.5. The largest absolute Gasteiger partial charge is 0.392 e. The lowest BCUT2D eigenvalue weighted by atomic mass is 9.90. The van der Waals surface area contributed by atoms with E-state index in [4.69, 9.17) is 5.11 Å². The van der Waals surface area contributed by atoms with Crippen molar-refractivity contribution in [1.82, 2.24) is 0 Å². The molecule has 0 bridgehead atoms. The van der Waals surface area contributed by atoms with Gasteiger partial charge in [-0.1, -0.05) is 101 Å². The van der Waals surface area contributed by atoms with Gasteiger partial charge in [-0.3, -0.25) is 0 Å². The minimum Gasteiger partial charge on any atom is -0.392 e. The highest BCUT2D eigenvalue weighted by Gasteiger charge is 2.08. The SMILES string of the molecule is C=CCCC.CC.CCC(CC)c1ccc(C)cc1C.OCc1ccccc1. The lowest BCUT2D eigenvalue weighted by Gasteiger charge is -2.15. The molecule has 0 saturated carbocycles. The zero-order chi connectivity index (χ0) is 21.8. The molecule has 0 aliphatic carbocycles. The predicted octanol–water partition coefficient (Wildman–Crippen LogP) is 8.38. The van der Waals surface area contributed by atoms with Gasteiger partial charge in [0.25, 0.3) is 0 Å². The Balaban J connectivity index is 0. The molecule has 2 rings (SSSR count).